The van der Waals surface area contributed by atoms with E-state index in [0.29, 0.717) is 0 Å². The summed E-state index contributed by atoms with van der Waals surface area (Å²) < 4.78 is 0. The summed E-state index contributed by atoms with van der Waals surface area (Å²) in [6.45, 7) is 0. The van der Waals surface area contributed by atoms with Gasteiger partial charge in [0.1, 0.15) is 0 Å². The summed E-state index contributed by atoms with van der Waals surface area (Å²) in [4.78, 5) is 17.5. The molecule has 0 saturated heterocycles. The topological polar surface area (TPSA) is 57.1 Å². The predicted octanol–water partition coefficient (Wildman–Crippen LogP) is 19.1. The second-order valence-electron chi connectivity index (χ2n) is 24.4. The maximum absolute atomic E-state index is 6.50. The van der Waals surface area contributed by atoms with Crippen molar-refractivity contribution in [1.82, 2.24) is 4.98 Å². The van der Waals surface area contributed by atoms with Crippen molar-refractivity contribution in [2.24, 2.45) is 9.98 Å². The normalized spacial score (nSPS) is 14.7. The van der Waals surface area contributed by atoms with Crippen LogP contribution in [-0.2, 0) is 0 Å². The average Bonchev–Trinajstić information content (AvgIpc) is 1.55. The van der Waals surface area contributed by atoms with Crippen molar-refractivity contribution in [2.75, 3.05) is 0 Å². The summed E-state index contributed by atoms with van der Waals surface area (Å²) in [5, 5.41) is 4.34. The maximum Gasteiger partial charge on any atom is 0.153 e. The average molecular weight is 1220 g/mol. The first kappa shape index (κ1) is 57.3. The molecule has 0 atom stereocenters. The van der Waals surface area contributed by atoms with E-state index in [9.17, 15) is 0 Å². The summed E-state index contributed by atoms with van der Waals surface area (Å²) in [6.07, 6.45) is 0. The third kappa shape index (κ3) is 10.2. The number of benzene rings is 12. The van der Waals surface area contributed by atoms with Gasteiger partial charge in [0.05, 0.1) is 55.8 Å². The molecule has 0 spiro atoms. The highest BCUT2D eigenvalue weighted by Crippen LogP contribution is 2.53. The monoisotopic (exact) mass is 1220 g/mol. The zero-order valence-electron chi connectivity index (χ0n) is 52.6. The van der Waals surface area contributed by atoms with Crippen LogP contribution >= 0.6 is 0 Å². The van der Waals surface area contributed by atoms with Crippen LogP contribution in [0.4, 0.5) is 0 Å². The molecule has 0 unspecified atom stereocenters. The zero-order chi connectivity index (χ0) is 63.7. The van der Waals surface area contributed by atoms with Gasteiger partial charge in [0.25, 0.3) is 0 Å². The molecule has 4 heterocycles. The van der Waals surface area contributed by atoms with Crippen LogP contribution in [0.1, 0.15) is 55.6 Å². The van der Waals surface area contributed by atoms with Crippen LogP contribution in [0.15, 0.2) is 397 Å². The first-order valence-corrected chi connectivity index (χ1v) is 32.9. The van der Waals surface area contributed by atoms with Crippen LogP contribution in [0.2, 0.25) is 0 Å². The van der Waals surface area contributed by atoms with E-state index in [1.807, 2.05) is 0 Å². The minimum absolute atomic E-state index is 0.838. The van der Waals surface area contributed by atoms with E-state index >= 15 is 0 Å². The molecule has 0 amide bonds. The molecule has 12 aromatic carbocycles. The number of aliphatic imine (C=N–C) groups is 2. The molecule has 1 aromatic heterocycles. The van der Waals surface area contributed by atoms with Gasteiger partial charge in [0, 0.05) is 44.6 Å². The number of H-pyrrole nitrogens is 1. The largest absolute Gasteiger partial charge is 0.353 e. The van der Waals surface area contributed by atoms with Gasteiger partial charge in [-0.3, -0.25) is 5.32 Å². The van der Waals surface area contributed by atoms with Crippen molar-refractivity contribution in [1.29, 1.82) is 0 Å². The fraction of sp³-hybridized carbons (Fsp3) is 0. The molecule has 4 aliphatic rings. The molecule has 4 nitrogen and oxygen atoms in total. The highest BCUT2D eigenvalue weighted by atomic mass is 15.0. The molecule has 1 aliphatic carbocycles. The molecule has 0 fully saturated rings. The fourth-order valence-electron chi connectivity index (χ4n) is 14.7. The standard InChI is InChI=1S/C92H62N4/c1-13-37-61(38-14-1)73-74(62-39-15-2-16-40-62)86-82(70-55-31-10-32-56-70)88-77(65-45-21-5-22-46-65)78(66-47-23-6-24-48-66)90(95-88)84(72-59-35-12-36-60-72)92-80(68-51-27-8-28-52-68)79(67-49-25-7-26-50-67)91(96-92)83(71-57-33-11-34-58-71)89-76(64-43-19-4-20-44-64)75(63-41-17-3-18-42-63)87(94-89)81(85(73)93-86)69-53-29-9-30-54-69/h1-60,93,96H/p+1. The van der Waals surface area contributed by atoms with Crippen LogP contribution < -0.4 is 16.0 Å². The van der Waals surface area contributed by atoms with Crippen molar-refractivity contribution in [3.63, 3.8) is 0 Å². The molecule has 0 saturated carbocycles. The number of aromatic nitrogens is 1. The van der Waals surface area contributed by atoms with Gasteiger partial charge in [-0.2, -0.15) is 0 Å². The summed E-state index contributed by atoms with van der Waals surface area (Å²) in [7, 11) is 0. The van der Waals surface area contributed by atoms with Crippen molar-refractivity contribution >= 4 is 67.2 Å². The number of fused-ring (bicyclic) bond motifs is 8. The Kier molecular flexibility index (Phi) is 15.0. The van der Waals surface area contributed by atoms with E-state index in [-0.39, 0.29) is 0 Å². The van der Waals surface area contributed by atoms with E-state index in [1.54, 1.807) is 0 Å². The quantitative estimate of drug-likeness (QED) is 0.122. The summed E-state index contributed by atoms with van der Waals surface area (Å²) in [5.41, 5.74) is 30.2. The van der Waals surface area contributed by atoms with E-state index < -0.39 is 0 Å². The van der Waals surface area contributed by atoms with Gasteiger partial charge in [0.15, 0.2) is 11.4 Å². The third-order valence-corrected chi connectivity index (χ3v) is 18.7. The maximum atomic E-state index is 6.50. The third-order valence-electron chi connectivity index (χ3n) is 18.7. The molecular weight excluding hydrogens is 1160 g/mol. The highest BCUT2D eigenvalue weighted by Gasteiger charge is 2.43. The van der Waals surface area contributed by atoms with Gasteiger partial charge in [-0.1, -0.05) is 364 Å². The Balaban J connectivity index is 1.22. The molecule has 8 bridgehead atoms. The number of nitrogens with zero attached hydrogens (tertiary/aromatic N) is 2. The molecule has 4 heteroatoms. The highest BCUT2D eigenvalue weighted by molar-refractivity contribution is 6.53. The summed E-state index contributed by atoms with van der Waals surface area (Å²) >= 11 is 0. The smallest absolute Gasteiger partial charge is 0.153 e. The minimum Gasteiger partial charge on any atom is -0.353 e. The van der Waals surface area contributed by atoms with Crippen LogP contribution in [-0.4, -0.2) is 16.4 Å². The number of quaternary nitrogens is 1. The molecule has 3 aliphatic heterocycles. The van der Waals surface area contributed by atoms with E-state index in [2.05, 4.69) is 374 Å². The Labute approximate surface area is 559 Å². The fourth-order valence-corrected chi connectivity index (χ4v) is 14.7. The number of allylic oxidation sites excluding steroid dienone is 8. The van der Waals surface area contributed by atoms with E-state index in [0.717, 1.165) is 179 Å². The Morgan fingerprint density at radius 3 is 0.604 bits per heavy atom. The van der Waals surface area contributed by atoms with E-state index in [1.165, 1.54) is 0 Å². The number of hydrogen-bond donors (Lipinski definition) is 2. The van der Waals surface area contributed by atoms with Gasteiger partial charge in [0.2, 0.25) is 0 Å². The van der Waals surface area contributed by atoms with Gasteiger partial charge in [-0.25, -0.2) is 9.98 Å². The van der Waals surface area contributed by atoms with Gasteiger partial charge < -0.3 is 4.98 Å². The van der Waals surface area contributed by atoms with Crippen molar-refractivity contribution in [3.05, 3.63) is 453 Å². The zero-order valence-corrected chi connectivity index (χ0v) is 52.6. The van der Waals surface area contributed by atoms with Crippen molar-refractivity contribution < 1.29 is 5.32 Å². The minimum atomic E-state index is 0.838. The van der Waals surface area contributed by atoms with Gasteiger partial charge >= 0.3 is 0 Å². The molecule has 3 N–H and O–H groups in total. The molecule has 450 valence electrons. The molecular formula is C92H63N4+. The van der Waals surface area contributed by atoms with Gasteiger partial charge in [-0.15, -0.1) is 0 Å². The van der Waals surface area contributed by atoms with Crippen molar-refractivity contribution in [3.8, 4) is 22.3 Å². The molecule has 17 rings (SSSR count). The number of aromatic amines is 1. The van der Waals surface area contributed by atoms with E-state index in [4.69, 9.17) is 9.98 Å². The number of rotatable bonds is 12. The van der Waals surface area contributed by atoms with Gasteiger partial charge in [-0.05, 0) is 66.8 Å². The number of hydrogen-bond acceptors (Lipinski definition) is 2. The Morgan fingerprint density at radius 2 is 0.365 bits per heavy atom. The van der Waals surface area contributed by atoms with Crippen molar-refractivity contribution in [2.45, 2.75) is 0 Å². The molecule has 96 heavy (non-hydrogen) atoms. The molecule has 13 aromatic rings. The Bertz CT molecular complexity index is 5170. The van der Waals surface area contributed by atoms with Crippen LogP contribution in [0, 0.1) is 0 Å². The Morgan fingerprint density at radius 1 is 0.177 bits per heavy atom. The lowest BCUT2D eigenvalue weighted by atomic mass is 9.83. The first-order chi connectivity index (χ1) is 47.7. The lowest BCUT2D eigenvalue weighted by Gasteiger charge is -2.18. The lowest BCUT2D eigenvalue weighted by molar-refractivity contribution is -0.535. The number of nitrogens with one attached hydrogen (secondary N) is 1. The second-order valence-corrected chi connectivity index (χ2v) is 24.4. The second kappa shape index (κ2) is 25.1. The van der Waals surface area contributed by atoms with Crippen LogP contribution in [0.3, 0.4) is 0 Å². The molecule has 0 radical (unpaired) electrons. The summed E-state index contributed by atoms with van der Waals surface area (Å²) in [6, 6.07) is 132. The number of nitrogens with two attached hydrogens (primary N) is 1. The van der Waals surface area contributed by atoms with Crippen LogP contribution in [0.5, 0.6) is 0 Å². The lowest BCUT2D eigenvalue weighted by Crippen LogP contribution is -2.79. The first-order valence-electron chi connectivity index (χ1n) is 32.9. The predicted molar refractivity (Wildman–Crippen MR) is 398 cm³/mol. The van der Waals surface area contributed by atoms with Crippen LogP contribution in [0.25, 0.3) is 78.0 Å². The summed E-state index contributed by atoms with van der Waals surface area (Å²) in [5.74, 6) is 0. The Hall–Kier alpha value is -12.6. The SMILES string of the molecule is c1ccc(C2=C3N=C(C(c4ccccc4)=C3c3ccccc3)C(c3ccccc3)=c3[nH]c(c(-c4ccccc4)c3-c3ccccc3)=C(c3ccccc3)C3=NC(=C(c4ccccc4)C4=C(c5ccccc5)C(c5ccccc5)=C2[NH2+]4)C(c2ccccc2)=C3c2ccccc2)cc1.